The molecule has 1 atom stereocenters. The molecule has 1 aliphatic heterocycles. The molecule has 2 aromatic rings. The Labute approximate surface area is 118 Å². The third kappa shape index (κ3) is 2.71. The largest absolute Gasteiger partial charge is 0.495 e. The zero-order chi connectivity index (χ0) is 13.1. The van der Waals surface area contributed by atoms with Crippen LogP contribution in [0.4, 0.5) is 5.69 Å². The molecule has 0 aliphatic carbocycles. The van der Waals surface area contributed by atoms with Gasteiger partial charge in [-0.2, -0.15) is 0 Å². The van der Waals surface area contributed by atoms with Crippen LogP contribution < -0.4 is 10.1 Å². The summed E-state index contributed by atoms with van der Waals surface area (Å²) < 4.78 is 5.35. The highest BCUT2D eigenvalue weighted by atomic mass is 32.2. The Kier molecular flexibility index (Phi) is 3.65. The summed E-state index contributed by atoms with van der Waals surface area (Å²) in [5.41, 5.74) is 2.54. The fraction of sp³-hybridized carbons (Fsp3) is 0.250. The van der Waals surface area contributed by atoms with Gasteiger partial charge in [0.15, 0.2) is 0 Å². The van der Waals surface area contributed by atoms with Crippen LogP contribution in [0.5, 0.6) is 5.75 Å². The summed E-state index contributed by atoms with van der Waals surface area (Å²) in [7, 11) is 1.71. The van der Waals surface area contributed by atoms with E-state index in [0.29, 0.717) is 5.25 Å². The number of methoxy groups -OCH3 is 1. The number of benzene rings is 2. The lowest BCUT2D eigenvalue weighted by atomic mass is 10.1. The number of hydrogen-bond acceptors (Lipinski definition) is 3. The average molecular weight is 271 g/mol. The van der Waals surface area contributed by atoms with E-state index in [2.05, 4.69) is 35.6 Å². The summed E-state index contributed by atoms with van der Waals surface area (Å²) in [6.45, 7) is 0.958. The number of para-hydroxylation sites is 2. The van der Waals surface area contributed by atoms with Gasteiger partial charge in [-0.3, -0.25) is 0 Å². The summed E-state index contributed by atoms with van der Waals surface area (Å²) in [6, 6.07) is 16.7. The third-order valence-electron chi connectivity index (χ3n) is 3.34. The first-order valence-electron chi connectivity index (χ1n) is 6.48. The van der Waals surface area contributed by atoms with Gasteiger partial charge < -0.3 is 10.1 Å². The lowest BCUT2D eigenvalue weighted by molar-refractivity contribution is 0.416. The van der Waals surface area contributed by atoms with Gasteiger partial charge in [0, 0.05) is 16.7 Å². The van der Waals surface area contributed by atoms with Crippen molar-refractivity contribution in [1.29, 1.82) is 0 Å². The molecule has 0 aromatic heterocycles. The van der Waals surface area contributed by atoms with Crippen molar-refractivity contribution in [2.75, 3.05) is 19.0 Å². The molecule has 3 rings (SSSR count). The molecule has 0 amide bonds. The summed E-state index contributed by atoms with van der Waals surface area (Å²) in [5.74, 6) is 0.906. The highest BCUT2D eigenvalue weighted by molar-refractivity contribution is 8.00. The molecular formula is C16H17NOS. The summed E-state index contributed by atoms with van der Waals surface area (Å²) in [6.07, 6.45) is 1.14. The Morgan fingerprint density at radius 3 is 2.79 bits per heavy atom. The molecule has 0 saturated heterocycles. The second kappa shape index (κ2) is 5.57. The predicted octanol–water partition coefficient (Wildman–Crippen LogP) is 3.82. The topological polar surface area (TPSA) is 21.3 Å². The van der Waals surface area contributed by atoms with Crippen molar-refractivity contribution in [3.63, 3.8) is 0 Å². The van der Waals surface area contributed by atoms with E-state index in [1.165, 1.54) is 10.5 Å². The maximum Gasteiger partial charge on any atom is 0.141 e. The Morgan fingerprint density at radius 2 is 1.95 bits per heavy atom. The van der Waals surface area contributed by atoms with Crippen LogP contribution in [0.1, 0.15) is 5.56 Å². The van der Waals surface area contributed by atoms with Crippen LogP contribution in [0.25, 0.3) is 0 Å². The van der Waals surface area contributed by atoms with Gasteiger partial charge in [0.25, 0.3) is 0 Å². The molecule has 1 heterocycles. The minimum Gasteiger partial charge on any atom is -0.495 e. The third-order valence-corrected chi connectivity index (χ3v) is 4.66. The molecule has 19 heavy (non-hydrogen) atoms. The van der Waals surface area contributed by atoms with Crippen molar-refractivity contribution in [2.45, 2.75) is 16.6 Å². The Hall–Kier alpha value is -1.61. The molecule has 0 fully saturated rings. The van der Waals surface area contributed by atoms with Crippen molar-refractivity contribution in [3.8, 4) is 5.75 Å². The van der Waals surface area contributed by atoms with Crippen molar-refractivity contribution in [1.82, 2.24) is 0 Å². The molecule has 0 spiro atoms. The molecular weight excluding hydrogens is 254 g/mol. The van der Waals surface area contributed by atoms with Crippen molar-refractivity contribution < 1.29 is 4.74 Å². The van der Waals surface area contributed by atoms with Crippen LogP contribution >= 0.6 is 11.8 Å². The number of nitrogens with one attached hydrogen (secondary N) is 1. The van der Waals surface area contributed by atoms with E-state index in [1.807, 2.05) is 30.0 Å². The summed E-state index contributed by atoms with van der Waals surface area (Å²) >= 11 is 1.97. The SMILES string of the molecule is COc1ccccc1NCC1Cc2ccccc2S1. The van der Waals surface area contributed by atoms with Gasteiger partial charge in [-0.15, -0.1) is 11.8 Å². The van der Waals surface area contributed by atoms with E-state index in [0.717, 1.165) is 24.4 Å². The van der Waals surface area contributed by atoms with Crippen LogP contribution in [-0.2, 0) is 6.42 Å². The first kappa shape index (κ1) is 12.4. The lowest BCUT2D eigenvalue weighted by Gasteiger charge is -2.14. The van der Waals surface area contributed by atoms with Crippen LogP contribution in [0, 0.1) is 0 Å². The number of ether oxygens (including phenoxy) is 1. The highest BCUT2D eigenvalue weighted by Crippen LogP contribution is 2.37. The number of hydrogen-bond donors (Lipinski definition) is 1. The molecule has 1 aliphatic rings. The lowest BCUT2D eigenvalue weighted by Crippen LogP contribution is -2.16. The number of fused-ring (bicyclic) bond motifs is 1. The fourth-order valence-electron chi connectivity index (χ4n) is 2.38. The van der Waals surface area contributed by atoms with Gasteiger partial charge in [-0.05, 0) is 30.2 Å². The minimum absolute atomic E-state index is 0.599. The minimum atomic E-state index is 0.599. The van der Waals surface area contributed by atoms with E-state index >= 15 is 0 Å². The monoisotopic (exact) mass is 271 g/mol. The molecule has 1 unspecified atom stereocenters. The quantitative estimate of drug-likeness (QED) is 0.913. The second-order valence-corrected chi connectivity index (χ2v) is 5.98. The van der Waals surface area contributed by atoms with E-state index < -0.39 is 0 Å². The Bertz CT molecular complexity index is 545. The molecule has 0 bridgehead atoms. The second-order valence-electron chi connectivity index (χ2n) is 4.63. The maximum absolute atomic E-state index is 5.35. The molecule has 1 N–H and O–H groups in total. The first-order chi connectivity index (χ1) is 9.36. The molecule has 2 nitrogen and oxygen atoms in total. The van der Waals surface area contributed by atoms with Crippen LogP contribution in [0.15, 0.2) is 53.4 Å². The van der Waals surface area contributed by atoms with Gasteiger partial charge in [-0.1, -0.05) is 30.3 Å². The molecule has 98 valence electrons. The molecule has 0 radical (unpaired) electrons. The number of thioether (sulfide) groups is 1. The molecule has 3 heteroatoms. The van der Waals surface area contributed by atoms with Crippen molar-refractivity contribution in [3.05, 3.63) is 54.1 Å². The Morgan fingerprint density at radius 1 is 1.16 bits per heavy atom. The van der Waals surface area contributed by atoms with E-state index in [4.69, 9.17) is 4.74 Å². The standard InChI is InChI=1S/C16H17NOS/c1-18-15-8-4-3-7-14(15)17-11-13-10-12-6-2-5-9-16(12)19-13/h2-9,13,17H,10-11H2,1H3. The number of rotatable bonds is 4. The van der Waals surface area contributed by atoms with Crippen LogP contribution in [0.3, 0.4) is 0 Å². The average Bonchev–Trinajstić information content (AvgIpc) is 2.88. The molecule has 0 saturated carbocycles. The molecule has 2 aromatic carbocycles. The van der Waals surface area contributed by atoms with Crippen molar-refractivity contribution >= 4 is 17.4 Å². The Balaban J connectivity index is 1.63. The van der Waals surface area contributed by atoms with Crippen molar-refractivity contribution in [2.24, 2.45) is 0 Å². The summed E-state index contributed by atoms with van der Waals surface area (Å²) in [5, 5.41) is 4.09. The van der Waals surface area contributed by atoms with Gasteiger partial charge in [-0.25, -0.2) is 0 Å². The summed E-state index contributed by atoms with van der Waals surface area (Å²) in [4.78, 5) is 1.43. The zero-order valence-electron chi connectivity index (χ0n) is 10.9. The normalized spacial score (nSPS) is 17.0. The van der Waals surface area contributed by atoms with Crippen LogP contribution in [-0.4, -0.2) is 18.9 Å². The fourth-order valence-corrected chi connectivity index (χ4v) is 3.63. The van der Waals surface area contributed by atoms with Gasteiger partial charge in [0.1, 0.15) is 5.75 Å². The smallest absolute Gasteiger partial charge is 0.141 e. The van der Waals surface area contributed by atoms with Gasteiger partial charge >= 0.3 is 0 Å². The van der Waals surface area contributed by atoms with Gasteiger partial charge in [0.05, 0.1) is 12.8 Å². The van der Waals surface area contributed by atoms with Gasteiger partial charge in [0.2, 0.25) is 0 Å². The van der Waals surface area contributed by atoms with Crippen LogP contribution in [0.2, 0.25) is 0 Å². The number of anilines is 1. The van der Waals surface area contributed by atoms with E-state index in [1.54, 1.807) is 7.11 Å². The van der Waals surface area contributed by atoms with E-state index in [-0.39, 0.29) is 0 Å². The van der Waals surface area contributed by atoms with E-state index in [9.17, 15) is 0 Å². The first-order valence-corrected chi connectivity index (χ1v) is 7.36. The predicted molar refractivity (Wildman–Crippen MR) is 81.3 cm³/mol. The zero-order valence-corrected chi connectivity index (χ0v) is 11.7. The highest BCUT2D eigenvalue weighted by Gasteiger charge is 2.21. The maximum atomic E-state index is 5.35.